The minimum atomic E-state index is -0.268. The fourth-order valence-electron chi connectivity index (χ4n) is 3.26. The second kappa shape index (κ2) is 6.59. The summed E-state index contributed by atoms with van der Waals surface area (Å²) in [6, 6.07) is 11.6. The van der Waals surface area contributed by atoms with Gasteiger partial charge in [-0.15, -0.1) is 0 Å². The number of fused-ring (bicyclic) bond motifs is 2. The van der Waals surface area contributed by atoms with Gasteiger partial charge >= 0.3 is 0 Å². The molecule has 0 spiro atoms. The molecule has 1 aliphatic carbocycles. The van der Waals surface area contributed by atoms with Gasteiger partial charge in [-0.1, -0.05) is 12.1 Å². The number of ether oxygens (including phenoxy) is 2. The summed E-state index contributed by atoms with van der Waals surface area (Å²) < 4.78 is 10.6. The molecule has 5 nitrogen and oxygen atoms in total. The Morgan fingerprint density at radius 1 is 0.960 bits per heavy atom. The zero-order valence-electron chi connectivity index (χ0n) is 14.2. The first-order valence-corrected chi connectivity index (χ1v) is 8.57. The zero-order valence-corrected chi connectivity index (χ0v) is 14.2. The molecule has 2 aliphatic rings. The lowest BCUT2D eigenvalue weighted by Gasteiger charge is -2.16. The van der Waals surface area contributed by atoms with Crippen LogP contribution in [0.2, 0.25) is 0 Å². The molecule has 2 aromatic rings. The molecule has 0 radical (unpaired) electrons. The summed E-state index contributed by atoms with van der Waals surface area (Å²) in [5, 5.41) is 4.26. The number of hydrazone groups is 1. The highest BCUT2D eigenvalue weighted by molar-refractivity contribution is 6.01. The van der Waals surface area contributed by atoms with Crippen molar-refractivity contribution in [2.24, 2.45) is 5.10 Å². The lowest BCUT2D eigenvalue weighted by Crippen LogP contribution is -2.19. The molecule has 0 unspecified atom stereocenters. The van der Waals surface area contributed by atoms with Gasteiger partial charge in [0.2, 0.25) is 6.79 Å². The summed E-state index contributed by atoms with van der Waals surface area (Å²) in [5.74, 6) is 0.976. The Kier molecular flexibility index (Phi) is 4.14. The zero-order chi connectivity index (χ0) is 17.2. The normalized spacial score (nSPS) is 15.6. The number of carbonyl (C=O) groups excluding carboxylic acids is 1. The number of hydrogen-bond acceptors (Lipinski definition) is 4. The average molecular weight is 336 g/mol. The number of benzene rings is 2. The van der Waals surface area contributed by atoms with E-state index in [0.29, 0.717) is 17.1 Å². The first-order valence-electron chi connectivity index (χ1n) is 8.57. The van der Waals surface area contributed by atoms with Gasteiger partial charge < -0.3 is 9.47 Å². The molecule has 0 saturated heterocycles. The van der Waals surface area contributed by atoms with Crippen molar-refractivity contribution in [1.29, 1.82) is 0 Å². The number of nitrogens with one attached hydrogen (secondary N) is 1. The lowest BCUT2D eigenvalue weighted by atomic mass is 9.90. The molecule has 5 heteroatoms. The Morgan fingerprint density at radius 2 is 1.72 bits per heavy atom. The lowest BCUT2D eigenvalue weighted by molar-refractivity contribution is 0.0954. The van der Waals surface area contributed by atoms with Crippen molar-refractivity contribution in [3.05, 3.63) is 58.7 Å². The van der Waals surface area contributed by atoms with E-state index in [1.54, 1.807) is 18.2 Å². The summed E-state index contributed by atoms with van der Waals surface area (Å²) >= 11 is 0. The summed E-state index contributed by atoms with van der Waals surface area (Å²) in [5.41, 5.74) is 7.80. The number of aryl methyl sites for hydroxylation is 2. The van der Waals surface area contributed by atoms with E-state index in [0.717, 1.165) is 24.1 Å². The van der Waals surface area contributed by atoms with Gasteiger partial charge in [0.05, 0.1) is 5.71 Å². The summed E-state index contributed by atoms with van der Waals surface area (Å²) in [6.45, 7) is 2.10. The SMILES string of the molecule is C/C(=N\NC(=O)c1ccc2c(c1)OCO2)c1ccc2c(c1)CCCC2. The van der Waals surface area contributed by atoms with Gasteiger partial charge in [0.1, 0.15) is 0 Å². The van der Waals surface area contributed by atoms with Crippen molar-refractivity contribution in [2.45, 2.75) is 32.6 Å². The van der Waals surface area contributed by atoms with Crippen LogP contribution in [0.5, 0.6) is 11.5 Å². The number of nitrogens with zero attached hydrogens (tertiary/aromatic N) is 1. The van der Waals surface area contributed by atoms with Crippen molar-refractivity contribution in [3.8, 4) is 11.5 Å². The predicted octanol–water partition coefficient (Wildman–Crippen LogP) is 3.45. The van der Waals surface area contributed by atoms with E-state index in [1.807, 2.05) is 6.92 Å². The van der Waals surface area contributed by atoms with Gasteiger partial charge in [0, 0.05) is 5.56 Å². The first kappa shape index (κ1) is 15.7. The fraction of sp³-hybridized carbons (Fsp3) is 0.300. The molecule has 25 heavy (non-hydrogen) atoms. The second-order valence-corrected chi connectivity index (χ2v) is 6.40. The van der Waals surface area contributed by atoms with E-state index in [9.17, 15) is 4.79 Å². The van der Waals surface area contributed by atoms with Crippen LogP contribution in [0.3, 0.4) is 0 Å². The van der Waals surface area contributed by atoms with Gasteiger partial charge in [0.15, 0.2) is 11.5 Å². The standard InChI is InChI=1S/C20H20N2O3/c1-13(15-7-6-14-4-2-3-5-16(14)10-15)21-22-20(23)17-8-9-18-19(11-17)25-12-24-18/h6-11H,2-5,12H2,1H3,(H,22,23)/b21-13+. The summed E-state index contributed by atoms with van der Waals surface area (Å²) in [6.07, 6.45) is 4.80. The van der Waals surface area contributed by atoms with Crippen LogP contribution in [0, 0.1) is 0 Å². The molecule has 0 aromatic heterocycles. The van der Waals surface area contributed by atoms with Crippen molar-refractivity contribution < 1.29 is 14.3 Å². The molecule has 1 aliphatic heterocycles. The van der Waals surface area contributed by atoms with Crippen molar-refractivity contribution in [2.75, 3.05) is 6.79 Å². The number of hydrogen-bond donors (Lipinski definition) is 1. The topological polar surface area (TPSA) is 59.9 Å². The second-order valence-electron chi connectivity index (χ2n) is 6.40. The van der Waals surface area contributed by atoms with E-state index < -0.39 is 0 Å². The molecular formula is C20H20N2O3. The molecular weight excluding hydrogens is 316 g/mol. The van der Waals surface area contributed by atoms with Crippen molar-refractivity contribution in [1.82, 2.24) is 5.43 Å². The van der Waals surface area contributed by atoms with Crippen LogP contribution in [-0.2, 0) is 12.8 Å². The third kappa shape index (κ3) is 3.22. The largest absolute Gasteiger partial charge is 0.454 e. The average Bonchev–Trinajstić information content (AvgIpc) is 3.13. The molecule has 4 rings (SSSR count). The molecule has 0 saturated carbocycles. The maximum absolute atomic E-state index is 12.3. The Hall–Kier alpha value is -2.82. The smallest absolute Gasteiger partial charge is 0.271 e. The summed E-state index contributed by atoms with van der Waals surface area (Å²) in [4.78, 5) is 12.3. The molecule has 1 amide bonds. The molecule has 128 valence electrons. The van der Waals surface area contributed by atoms with Crippen LogP contribution in [0.25, 0.3) is 0 Å². The van der Waals surface area contributed by atoms with E-state index in [4.69, 9.17) is 9.47 Å². The third-order valence-electron chi connectivity index (χ3n) is 4.73. The van der Waals surface area contributed by atoms with E-state index in [2.05, 4.69) is 28.7 Å². The highest BCUT2D eigenvalue weighted by Crippen LogP contribution is 2.32. The minimum Gasteiger partial charge on any atom is -0.454 e. The molecule has 0 fully saturated rings. The Morgan fingerprint density at radius 3 is 2.60 bits per heavy atom. The molecule has 2 aromatic carbocycles. The van der Waals surface area contributed by atoms with Crippen LogP contribution in [0.1, 0.15) is 46.8 Å². The van der Waals surface area contributed by atoms with Gasteiger partial charge in [-0.05, 0) is 73.6 Å². The van der Waals surface area contributed by atoms with Crippen LogP contribution in [0.15, 0.2) is 41.5 Å². The third-order valence-corrected chi connectivity index (χ3v) is 4.73. The van der Waals surface area contributed by atoms with Gasteiger partial charge in [-0.3, -0.25) is 4.79 Å². The molecule has 0 bridgehead atoms. The Bertz CT molecular complexity index is 858. The predicted molar refractivity (Wildman–Crippen MR) is 95.3 cm³/mol. The van der Waals surface area contributed by atoms with E-state index in [-0.39, 0.29) is 12.7 Å². The number of carbonyl (C=O) groups is 1. The summed E-state index contributed by atoms with van der Waals surface area (Å²) in [7, 11) is 0. The van der Waals surface area contributed by atoms with Crippen molar-refractivity contribution in [3.63, 3.8) is 0 Å². The van der Waals surface area contributed by atoms with Crippen LogP contribution in [0.4, 0.5) is 0 Å². The minimum absolute atomic E-state index is 0.190. The van der Waals surface area contributed by atoms with Gasteiger partial charge in [-0.25, -0.2) is 5.43 Å². The molecule has 0 atom stereocenters. The number of amides is 1. The van der Waals surface area contributed by atoms with Crippen LogP contribution < -0.4 is 14.9 Å². The Labute approximate surface area is 146 Å². The Balaban J connectivity index is 1.48. The van der Waals surface area contributed by atoms with Crippen LogP contribution in [-0.4, -0.2) is 18.4 Å². The van der Waals surface area contributed by atoms with E-state index in [1.165, 1.54) is 24.0 Å². The maximum atomic E-state index is 12.3. The maximum Gasteiger partial charge on any atom is 0.271 e. The van der Waals surface area contributed by atoms with Gasteiger partial charge in [-0.2, -0.15) is 5.10 Å². The highest BCUT2D eigenvalue weighted by atomic mass is 16.7. The number of rotatable bonds is 3. The molecule has 1 N–H and O–H groups in total. The first-order chi connectivity index (χ1) is 12.2. The fourth-order valence-corrected chi connectivity index (χ4v) is 3.26. The molecule has 1 heterocycles. The van der Waals surface area contributed by atoms with Crippen molar-refractivity contribution >= 4 is 11.6 Å². The quantitative estimate of drug-likeness (QED) is 0.690. The van der Waals surface area contributed by atoms with Crippen LogP contribution >= 0.6 is 0 Å². The van der Waals surface area contributed by atoms with E-state index >= 15 is 0 Å². The highest BCUT2D eigenvalue weighted by Gasteiger charge is 2.16. The monoisotopic (exact) mass is 336 g/mol. The van der Waals surface area contributed by atoms with Gasteiger partial charge in [0.25, 0.3) is 5.91 Å².